The molecule has 2 aromatic rings. The minimum Gasteiger partial charge on any atom is -0.497 e. The van der Waals surface area contributed by atoms with Gasteiger partial charge >= 0.3 is 11.9 Å². The fraction of sp³-hybridized carbons (Fsp3) is 0.579. The first-order valence-corrected chi connectivity index (χ1v) is 16.9. The number of hydrogen-bond donors (Lipinski definition) is 1. The molecule has 5 fully saturated rings. The van der Waals surface area contributed by atoms with Crippen LogP contribution in [0.25, 0.3) is 0 Å². The molecule has 12 atom stereocenters. The monoisotopic (exact) mass is 659 g/mol. The Kier molecular flexibility index (Phi) is 7.40. The molecule has 2 aromatic carbocycles. The van der Waals surface area contributed by atoms with E-state index in [0.717, 1.165) is 19.4 Å². The molecule has 0 amide bonds. The number of fused-ring (bicyclic) bond motifs is 2. The van der Waals surface area contributed by atoms with Crippen molar-refractivity contribution in [2.24, 2.45) is 34.5 Å². The van der Waals surface area contributed by atoms with Gasteiger partial charge < -0.3 is 38.4 Å². The van der Waals surface area contributed by atoms with Crippen LogP contribution in [-0.4, -0.2) is 106 Å². The van der Waals surface area contributed by atoms with Crippen LogP contribution in [0.5, 0.6) is 5.75 Å². The van der Waals surface area contributed by atoms with Gasteiger partial charge in [-0.15, -0.1) is 0 Å². The summed E-state index contributed by atoms with van der Waals surface area (Å²) in [5, 5.41) is 12.5. The van der Waals surface area contributed by atoms with Gasteiger partial charge in [-0.05, 0) is 80.8 Å². The van der Waals surface area contributed by atoms with E-state index in [9.17, 15) is 14.7 Å². The lowest BCUT2D eigenvalue weighted by molar-refractivity contribution is -0.260. The SMILES string of the molecule is COC[C@@]12CC[C@H](OC)[C@]34C([C@H]([C@H](OC)[C@H]13)[C@@]1(OC(=O)c3ccc(OC)cc3)C=C[C@@]3(O)C[C@@H]4[C@@H]1[C@H]3OC(=O)c1ccccc1)N(C)C2. The number of methoxy groups -OCH3 is 4. The van der Waals surface area contributed by atoms with Crippen molar-refractivity contribution in [3.8, 4) is 5.75 Å². The predicted octanol–water partition coefficient (Wildman–Crippen LogP) is 3.77. The lowest BCUT2D eigenvalue weighted by atomic mass is 9.43. The molecule has 1 N–H and O–H groups in total. The summed E-state index contributed by atoms with van der Waals surface area (Å²) in [6, 6.07) is 15.6. The summed E-state index contributed by atoms with van der Waals surface area (Å²) < 4.78 is 37.7. The van der Waals surface area contributed by atoms with E-state index in [1.165, 1.54) is 0 Å². The second-order valence-electron chi connectivity index (χ2n) is 14.9. The Labute approximate surface area is 281 Å². The quantitative estimate of drug-likeness (QED) is 0.316. The number of likely N-dealkylation sites (tertiary alicyclic amines) is 1. The van der Waals surface area contributed by atoms with Crippen LogP contribution in [0.2, 0.25) is 0 Å². The highest BCUT2D eigenvalue weighted by Crippen LogP contribution is 2.79. The summed E-state index contributed by atoms with van der Waals surface area (Å²) in [6.45, 7) is 1.34. The van der Waals surface area contributed by atoms with Crippen LogP contribution in [0, 0.1) is 34.5 Å². The fourth-order valence-corrected chi connectivity index (χ4v) is 12.1. The van der Waals surface area contributed by atoms with Gasteiger partial charge in [0, 0.05) is 62.5 Å². The number of carbonyl (C=O) groups is 2. The third-order valence-electron chi connectivity index (χ3n) is 13.2. The Hall–Kier alpha value is -3.28. The number of aliphatic hydroxyl groups is 1. The first-order chi connectivity index (χ1) is 23.1. The van der Waals surface area contributed by atoms with E-state index < -0.39 is 40.6 Å². The van der Waals surface area contributed by atoms with E-state index in [4.69, 9.17) is 28.4 Å². The maximum absolute atomic E-state index is 14.3. The van der Waals surface area contributed by atoms with Crippen molar-refractivity contribution in [3.63, 3.8) is 0 Å². The molecule has 1 aliphatic heterocycles. The summed E-state index contributed by atoms with van der Waals surface area (Å²) in [7, 11) is 9.01. The standard InChI is InChI=1S/C38H45NO9/c1-39-20-35(21-43-2)16-15-26(45-4)38-25-19-36(42)17-18-37(28(31(38)39)29(46-5)30(35)38,48-34(41)23-11-13-24(44-3)14-12-23)27(25)32(36)47-33(40)22-9-7-6-8-10-22/h6-14,17-18,25-32,42H,15-16,19-21H2,1-5H3/t25-,26+,27-,28+,29+,30-,31?,32-,35+,36-,37-,38+/m1/s1. The number of nitrogens with zero attached hydrogens (tertiary/aromatic N) is 1. The van der Waals surface area contributed by atoms with Gasteiger partial charge in [-0.3, -0.25) is 0 Å². The highest BCUT2D eigenvalue weighted by Gasteiger charge is 2.88. The zero-order valence-corrected chi connectivity index (χ0v) is 28.2. The van der Waals surface area contributed by atoms with Crippen LogP contribution < -0.4 is 4.74 Å². The summed E-state index contributed by atoms with van der Waals surface area (Å²) in [4.78, 5) is 30.5. The Morgan fingerprint density at radius 3 is 2.31 bits per heavy atom. The van der Waals surface area contributed by atoms with Crippen LogP contribution in [0.1, 0.15) is 40.0 Å². The number of hydrogen-bond acceptors (Lipinski definition) is 10. The summed E-state index contributed by atoms with van der Waals surface area (Å²) >= 11 is 0. The van der Waals surface area contributed by atoms with E-state index in [0.29, 0.717) is 29.9 Å². The average Bonchev–Trinajstić information content (AvgIpc) is 3.47. The molecule has 10 nitrogen and oxygen atoms in total. The number of piperidine rings is 1. The molecule has 5 aliphatic carbocycles. The highest BCUT2D eigenvalue weighted by molar-refractivity contribution is 5.90. The van der Waals surface area contributed by atoms with Crippen molar-refractivity contribution in [1.29, 1.82) is 0 Å². The van der Waals surface area contributed by atoms with Crippen LogP contribution in [-0.2, 0) is 23.7 Å². The molecule has 0 aromatic heterocycles. The third kappa shape index (κ3) is 3.98. The summed E-state index contributed by atoms with van der Waals surface area (Å²) in [5.41, 5.74) is -2.73. The molecular weight excluding hydrogens is 614 g/mol. The van der Waals surface area contributed by atoms with Crippen LogP contribution in [0.4, 0.5) is 0 Å². The molecule has 1 heterocycles. The van der Waals surface area contributed by atoms with Gasteiger partial charge in [-0.25, -0.2) is 9.59 Å². The van der Waals surface area contributed by atoms with Crippen LogP contribution in [0.15, 0.2) is 66.7 Å². The van der Waals surface area contributed by atoms with Crippen molar-refractivity contribution in [2.45, 2.75) is 54.8 Å². The molecule has 0 radical (unpaired) electrons. The van der Waals surface area contributed by atoms with E-state index >= 15 is 0 Å². The largest absolute Gasteiger partial charge is 0.497 e. The Morgan fingerprint density at radius 1 is 0.917 bits per heavy atom. The number of carbonyl (C=O) groups excluding carboxylic acids is 2. The van der Waals surface area contributed by atoms with Crippen molar-refractivity contribution in [1.82, 2.24) is 4.90 Å². The smallest absolute Gasteiger partial charge is 0.339 e. The molecule has 7 bridgehead atoms. The molecule has 1 unspecified atom stereocenters. The number of benzene rings is 2. The van der Waals surface area contributed by atoms with E-state index in [-0.39, 0.29) is 41.4 Å². The predicted molar refractivity (Wildman–Crippen MR) is 173 cm³/mol. The van der Waals surface area contributed by atoms with E-state index in [2.05, 4.69) is 11.9 Å². The van der Waals surface area contributed by atoms with Crippen molar-refractivity contribution >= 4 is 11.9 Å². The molecule has 48 heavy (non-hydrogen) atoms. The minimum atomic E-state index is -1.47. The van der Waals surface area contributed by atoms with E-state index in [1.807, 2.05) is 12.1 Å². The lowest BCUT2D eigenvalue weighted by Crippen LogP contribution is -2.76. The normalized spacial score (nSPS) is 43.1. The zero-order valence-electron chi connectivity index (χ0n) is 28.2. The Balaban J connectivity index is 1.34. The van der Waals surface area contributed by atoms with Crippen molar-refractivity contribution in [2.75, 3.05) is 48.6 Å². The Morgan fingerprint density at radius 2 is 1.65 bits per heavy atom. The lowest BCUT2D eigenvalue weighted by Gasteiger charge is -2.68. The van der Waals surface area contributed by atoms with Gasteiger partial charge in [0.1, 0.15) is 23.1 Å². The summed E-state index contributed by atoms with van der Waals surface area (Å²) in [6.07, 6.45) is 4.22. The molecule has 1 spiro atoms. The van der Waals surface area contributed by atoms with Gasteiger partial charge in [-0.2, -0.15) is 0 Å². The van der Waals surface area contributed by atoms with E-state index in [1.54, 1.807) is 83.0 Å². The summed E-state index contributed by atoms with van der Waals surface area (Å²) in [5.74, 6) is -1.58. The number of ether oxygens (including phenoxy) is 6. The van der Waals surface area contributed by atoms with Crippen LogP contribution in [0.3, 0.4) is 0 Å². The third-order valence-corrected chi connectivity index (χ3v) is 13.2. The first kappa shape index (κ1) is 32.0. The minimum absolute atomic E-state index is 0.0201. The average molecular weight is 660 g/mol. The molecule has 6 aliphatic rings. The van der Waals surface area contributed by atoms with Gasteiger partial charge in [0.05, 0.1) is 37.1 Å². The number of rotatable bonds is 9. The molecule has 10 heteroatoms. The molecule has 1 saturated heterocycles. The van der Waals surface area contributed by atoms with Crippen molar-refractivity contribution in [3.05, 3.63) is 77.9 Å². The topological polar surface area (TPSA) is 113 Å². The maximum Gasteiger partial charge on any atom is 0.339 e. The Bertz CT molecular complexity index is 1620. The second-order valence-corrected chi connectivity index (χ2v) is 14.9. The highest BCUT2D eigenvalue weighted by atomic mass is 16.6. The fourth-order valence-electron chi connectivity index (χ4n) is 12.1. The zero-order chi connectivity index (χ0) is 33.6. The maximum atomic E-state index is 14.3. The molecule has 8 rings (SSSR count). The molecule has 256 valence electrons. The van der Waals surface area contributed by atoms with Crippen LogP contribution >= 0.6 is 0 Å². The number of esters is 2. The second kappa shape index (κ2) is 11.1. The van der Waals surface area contributed by atoms with Crippen molar-refractivity contribution < 1.29 is 43.1 Å². The first-order valence-electron chi connectivity index (χ1n) is 16.9. The van der Waals surface area contributed by atoms with Gasteiger partial charge in [0.2, 0.25) is 0 Å². The molecule has 4 saturated carbocycles. The van der Waals surface area contributed by atoms with Gasteiger partial charge in [0.25, 0.3) is 0 Å². The van der Waals surface area contributed by atoms with Gasteiger partial charge in [0.15, 0.2) is 0 Å². The molecular formula is C38H45NO9. The van der Waals surface area contributed by atoms with Gasteiger partial charge in [-0.1, -0.05) is 18.2 Å².